The first-order chi connectivity index (χ1) is 7.68. The molecule has 0 aliphatic heterocycles. The maximum atomic E-state index is 10.8. The van der Waals surface area contributed by atoms with Crippen LogP contribution in [0.1, 0.15) is 19.3 Å². The van der Waals surface area contributed by atoms with Crippen LogP contribution in [0.15, 0.2) is 29.2 Å². The number of hydrogen-bond donors (Lipinski definition) is 1. The van der Waals surface area contributed by atoms with Crippen LogP contribution >= 0.6 is 11.8 Å². The minimum atomic E-state index is -0.371. The standard InChI is InChI=1S/C11H13NO3S/c13-9-5-3-7-11(9)16-10-6-2-1-4-8(10)12(14)15/h1-2,4,6,9,11,13H,3,5,7H2/t9-,11-/m0/s1. The molecule has 16 heavy (non-hydrogen) atoms. The molecule has 1 N–H and O–H groups in total. The van der Waals surface area contributed by atoms with Crippen LogP contribution in [0.25, 0.3) is 0 Å². The Morgan fingerprint density at radius 3 is 2.75 bits per heavy atom. The normalized spacial score (nSPS) is 24.6. The lowest BCUT2D eigenvalue weighted by atomic mass is 10.3. The van der Waals surface area contributed by atoms with E-state index >= 15 is 0 Å². The number of nitro groups is 1. The van der Waals surface area contributed by atoms with E-state index in [0.29, 0.717) is 4.90 Å². The minimum Gasteiger partial charge on any atom is -0.392 e. The van der Waals surface area contributed by atoms with Gasteiger partial charge < -0.3 is 5.11 Å². The summed E-state index contributed by atoms with van der Waals surface area (Å²) in [5.74, 6) is 0. The van der Waals surface area contributed by atoms with Gasteiger partial charge in [-0.15, -0.1) is 11.8 Å². The van der Waals surface area contributed by atoms with Crippen LogP contribution in [0, 0.1) is 10.1 Å². The van der Waals surface area contributed by atoms with Gasteiger partial charge in [0.1, 0.15) is 0 Å². The molecule has 1 saturated carbocycles. The number of para-hydroxylation sites is 1. The van der Waals surface area contributed by atoms with E-state index in [-0.39, 0.29) is 22.0 Å². The Labute approximate surface area is 97.8 Å². The van der Waals surface area contributed by atoms with Crippen molar-refractivity contribution < 1.29 is 10.0 Å². The maximum Gasteiger partial charge on any atom is 0.282 e. The summed E-state index contributed by atoms with van der Waals surface area (Å²) in [4.78, 5) is 11.1. The van der Waals surface area contributed by atoms with Crippen LogP contribution in [0.4, 0.5) is 5.69 Å². The monoisotopic (exact) mass is 239 g/mol. The number of nitro benzene ring substituents is 1. The number of aliphatic hydroxyl groups excluding tert-OH is 1. The number of benzene rings is 1. The first kappa shape index (κ1) is 11.4. The molecule has 4 nitrogen and oxygen atoms in total. The fraction of sp³-hybridized carbons (Fsp3) is 0.455. The smallest absolute Gasteiger partial charge is 0.282 e. The molecule has 2 rings (SSSR count). The Morgan fingerprint density at radius 2 is 2.12 bits per heavy atom. The highest BCUT2D eigenvalue weighted by atomic mass is 32.2. The van der Waals surface area contributed by atoms with E-state index in [0.717, 1.165) is 19.3 Å². The second kappa shape index (κ2) is 4.84. The van der Waals surface area contributed by atoms with Crippen molar-refractivity contribution >= 4 is 17.4 Å². The van der Waals surface area contributed by atoms with Crippen molar-refractivity contribution in [3.63, 3.8) is 0 Å². The molecule has 0 heterocycles. The van der Waals surface area contributed by atoms with Gasteiger partial charge in [-0.1, -0.05) is 12.1 Å². The first-order valence-electron chi connectivity index (χ1n) is 5.26. The largest absolute Gasteiger partial charge is 0.392 e. The summed E-state index contributed by atoms with van der Waals surface area (Å²) in [6.07, 6.45) is 2.40. The number of nitrogens with zero attached hydrogens (tertiary/aromatic N) is 1. The van der Waals surface area contributed by atoms with Gasteiger partial charge in [-0.05, 0) is 25.3 Å². The van der Waals surface area contributed by atoms with Crippen LogP contribution in [0.3, 0.4) is 0 Å². The van der Waals surface area contributed by atoms with Crippen molar-refractivity contribution in [1.82, 2.24) is 0 Å². The molecule has 1 aromatic carbocycles. The molecule has 0 unspecified atom stereocenters. The third kappa shape index (κ3) is 2.36. The molecule has 0 bridgehead atoms. The van der Waals surface area contributed by atoms with Crippen molar-refractivity contribution in [2.75, 3.05) is 0 Å². The van der Waals surface area contributed by atoms with Gasteiger partial charge in [-0.3, -0.25) is 10.1 Å². The molecule has 1 aliphatic rings. The lowest BCUT2D eigenvalue weighted by Gasteiger charge is -2.13. The van der Waals surface area contributed by atoms with E-state index in [9.17, 15) is 15.2 Å². The van der Waals surface area contributed by atoms with E-state index in [2.05, 4.69) is 0 Å². The highest BCUT2D eigenvalue weighted by Gasteiger charge is 2.28. The molecule has 0 amide bonds. The molecule has 1 aromatic rings. The Kier molecular flexibility index (Phi) is 3.46. The average Bonchev–Trinajstić information content (AvgIpc) is 2.65. The van der Waals surface area contributed by atoms with Crippen molar-refractivity contribution in [2.45, 2.75) is 35.5 Å². The molecular weight excluding hydrogens is 226 g/mol. The van der Waals surface area contributed by atoms with Crippen LogP contribution in [-0.4, -0.2) is 21.4 Å². The van der Waals surface area contributed by atoms with E-state index in [1.807, 2.05) is 0 Å². The number of thioether (sulfide) groups is 1. The zero-order chi connectivity index (χ0) is 11.5. The number of aliphatic hydroxyl groups is 1. The van der Waals surface area contributed by atoms with Gasteiger partial charge in [0.15, 0.2) is 0 Å². The van der Waals surface area contributed by atoms with Crippen LogP contribution in [0.5, 0.6) is 0 Å². The van der Waals surface area contributed by atoms with Gasteiger partial charge in [0.2, 0.25) is 0 Å². The van der Waals surface area contributed by atoms with Crippen molar-refractivity contribution in [3.8, 4) is 0 Å². The van der Waals surface area contributed by atoms with E-state index in [1.54, 1.807) is 18.2 Å². The summed E-state index contributed by atoms with van der Waals surface area (Å²) in [6, 6.07) is 6.70. The van der Waals surface area contributed by atoms with Crippen LogP contribution in [0.2, 0.25) is 0 Å². The Bertz CT molecular complexity index is 397. The molecule has 5 heteroatoms. The van der Waals surface area contributed by atoms with E-state index in [4.69, 9.17) is 0 Å². The molecule has 0 saturated heterocycles. The lowest BCUT2D eigenvalue weighted by molar-refractivity contribution is -0.387. The summed E-state index contributed by atoms with van der Waals surface area (Å²) in [6.45, 7) is 0. The van der Waals surface area contributed by atoms with E-state index in [1.165, 1.54) is 17.8 Å². The zero-order valence-corrected chi connectivity index (χ0v) is 9.52. The first-order valence-corrected chi connectivity index (χ1v) is 6.14. The molecule has 86 valence electrons. The van der Waals surface area contributed by atoms with Crippen molar-refractivity contribution in [3.05, 3.63) is 34.4 Å². The van der Waals surface area contributed by atoms with Gasteiger partial charge in [0.05, 0.1) is 15.9 Å². The van der Waals surface area contributed by atoms with Gasteiger partial charge in [0, 0.05) is 11.3 Å². The second-order valence-electron chi connectivity index (χ2n) is 3.88. The third-order valence-electron chi connectivity index (χ3n) is 2.76. The number of hydrogen-bond acceptors (Lipinski definition) is 4. The SMILES string of the molecule is O=[N+]([O-])c1ccccc1S[C@H]1CCC[C@@H]1O. The maximum absolute atomic E-state index is 10.8. The highest BCUT2D eigenvalue weighted by Crippen LogP contribution is 2.38. The molecule has 2 atom stereocenters. The zero-order valence-electron chi connectivity index (χ0n) is 8.70. The second-order valence-corrected chi connectivity index (χ2v) is 5.16. The molecule has 0 aromatic heterocycles. The highest BCUT2D eigenvalue weighted by molar-refractivity contribution is 8.00. The number of rotatable bonds is 3. The molecule has 0 radical (unpaired) electrons. The van der Waals surface area contributed by atoms with Crippen molar-refractivity contribution in [2.24, 2.45) is 0 Å². The summed E-state index contributed by atoms with van der Waals surface area (Å²) in [5, 5.41) is 20.6. The summed E-state index contributed by atoms with van der Waals surface area (Å²) in [7, 11) is 0. The predicted octanol–water partition coefficient (Wildman–Crippen LogP) is 2.60. The van der Waals surface area contributed by atoms with Gasteiger partial charge in [-0.25, -0.2) is 0 Å². The summed E-state index contributed by atoms with van der Waals surface area (Å²) in [5.41, 5.74) is 0.131. The minimum absolute atomic E-state index is 0.0982. The molecule has 1 aliphatic carbocycles. The Hall–Kier alpha value is -1.07. The Morgan fingerprint density at radius 1 is 1.38 bits per heavy atom. The average molecular weight is 239 g/mol. The van der Waals surface area contributed by atoms with Crippen LogP contribution < -0.4 is 0 Å². The lowest BCUT2D eigenvalue weighted by Crippen LogP contribution is -2.15. The quantitative estimate of drug-likeness (QED) is 0.650. The van der Waals surface area contributed by atoms with Gasteiger partial charge >= 0.3 is 0 Å². The van der Waals surface area contributed by atoms with Crippen LogP contribution in [-0.2, 0) is 0 Å². The summed E-state index contributed by atoms with van der Waals surface area (Å²) < 4.78 is 0. The summed E-state index contributed by atoms with van der Waals surface area (Å²) >= 11 is 1.42. The van der Waals surface area contributed by atoms with Crippen molar-refractivity contribution in [1.29, 1.82) is 0 Å². The molecule has 1 fully saturated rings. The van der Waals surface area contributed by atoms with Gasteiger partial charge in [0.25, 0.3) is 5.69 Å². The topological polar surface area (TPSA) is 63.4 Å². The van der Waals surface area contributed by atoms with E-state index < -0.39 is 0 Å². The van der Waals surface area contributed by atoms with Gasteiger partial charge in [-0.2, -0.15) is 0 Å². The third-order valence-corrected chi connectivity index (χ3v) is 4.21. The predicted molar refractivity (Wildman–Crippen MR) is 62.6 cm³/mol. The molecule has 0 spiro atoms. The fourth-order valence-corrected chi connectivity index (χ4v) is 3.24. The fourth-order valence-electron chi connectivity index (χ4n) is 1.91. The molecular formula is C11H13NO3S. The Balaban J connectivity index is 2.17.